The Morgan fingerprint density at radius 1 is 1.20 bits per heavy atom. The van der Waals surface area contributed by atoms with Crippen molar-refractivity contribution in [1.29, 1.82) is 5.26 Å². The maximum absolute atomic E-state index is 9.67. The molecule has 0 heterocycles. The van der Waals surface area contributed by atoms with Gasteiger partial charge in [-0.15, -0.1) is 0 Å². The molecule has 0 aliphatic heterocycles. The number of nitrogens with zero attached hydrogens (tertiary/aromatic N) is 1. The van der Waals surface area contributed by atoms with Gasteiger partial charge in [0.2, 0.25) is 0 Å². The predicted molar refractivity (Wildman–Crippen MR) is 24.0 cm³/mol. The summed E-state index contributed by atoms with van der Waals surface area (Å²) in [6.07, 6.45) is 0. The molecule has 0 aliphatic carbocycles. The zero-order valence-corrected chi connectivity index (χ0v) is 6.19. The Morgan fingerprint density at radius 3 is 1.20 bits per heavy atom. The van der Waals surface area contributed by atoms with Crippen molar-refractivity contribution >= 4 is 7.54 Å². The molecule has 0 saturated carbocycles. The van der Waals surface area contributed by atoms with Crippen LogP contribution >= 0.6 is 0 Å². The average molecular weight is 191 g/mol. The van der Waals surface area contributed by atoms with Crippen molar-refractivity contribution in [3.8, 4) is 0 Å². The minimum Gasteiger partial charge on any atom is -0.521 e. The number of hydrogen-bond donors (Lipinski definition) is 0. The Hall–Kier alpha value is 0.202. The van der Waals surface area contributed by atoms with Crippen molar-refractivity contribution in [1.82, 2.24) is 0 Å². The van der Waals surface area contributed by atoms with E-state index in [0.29, 0.717) is 0 Å². The van der Waals surface area contributed by atoms with Gasteiger partial charge < -0.3 is 18.4 Å². The molecular weight excluding hydrogens is 188 g/mol. The number of halogens is 3. The van der Waals surface area contributed by atoms with Crippen LogP contribution in [0.25, 0.3) is 0 Å². The van der Waals surface area contributed by atoms with E-state index in [2.05, 4.69) is 13.2 Å². The third-order valence-electron chi connectivity index (χ3n) is 0. The number of rotatable bonds is 0. The van der Waals surface area contributed by atoms with Crippen LogP contribution in [0.4, 0.5) is 12.9 Å². The summed E-state index contributed by atoms with van der Waals surface area (Å²) >= 11 is 0. The third-order valence-corrected chi connectivity index (χ3v) is 0. The van der Waals surface area contributed by atoms with E-state index in [9.17, 15) is 12.9 Å². The normalized spacial score (nSPS) is 3.30. The molecule has 56 valence electrons. The maximum atomic E-state index is 9.67. The van der Waals surface area contributed by atoms with Gasteiger partial charge in [-0.1, -0.05) is 0 Å². The molecule has 0 aliphatic rings. The molecule has 0 atom stereocenters. The molecule has 0 bridgehead atoms. The summed E-state index contributed by atoms with van der Waals surface area (Å²) in [6.45, 7) is 11.8. The fraction of sp³-hybridized carbons (Fsp3) is 0. The summed E-state index contributed by atoms with van der Waals surface area (Å²) in [5.74, 6) is 0. The van der Waals surface area contributed by atoms with Crippen LogP contribution in [0, 0.1) is 18.4 Å². The standard InChI is InChI=1S/C2H3.CN.BF3.Cu.Li/c2*1-2;2-1(3)4;;/h1H,2H2;;;;/q2*-1;;2*+1. The Labute approximate surface area is 81.5 Å². The van der Waals surface area contributed by atoms with Gasteiger partial charge in [0.05, 0.1) is 0 Å². The zero-order chi connectivity index (χ0) is 7.58. The summed E-state index contributed by atoms with van der Waals surface area (Å²) in [6, 6.07) is 0. The quantitative estimate of drug-likeness (QED) is 0.341. The Morgan fingerprint density at radius 2 is 1.20 bits per heavy atom. The van der Waals surface area contributed by atoms with Crippen molar-refractivity contribution in [3.05, 3.63) is 19.7 Å². The summed E-state index contributed by atoms with van der Waals surface area (Å²) in [4.78, 5) is 0. The molecule has 0 aromatic heterocycles. The van der Waals surface area contributed by atoms with Gasteiger partial charge >= 0.3 is 43.5 Å². The van der Waals surface area contributed by atoms with Crippen LogP contribution in [-0.4, -0.2) is 7.54 Å². The van der Waals surface area contributed by atoms with E-state index in [1.54, 1.807) is 0 Å². The van der Waals surface area contributed by atoms with Crippen LogP contribution in [0.1, 0.15) is 0 Å². The second-order valence-electron chi connectivity index (χ2n) is 0.247. The fourth-order valence-corrected chi connectivity index (χ4v) is 0. The summed E-state index contributed by atoms with van der Waals surface area (Å²) in [5, 5.41) is 6.25. The summed E-state index contributed by atoms with van der Waals surface area (Å²) in [5.41, 5.74) is 0. The Bertz CT molecular complexity index is 53.5. The molecule has 0 amide bonds. The van der Waals surface area contributed by atoms with Gasteiger partial charge in [-0.25, -0.2) is 0 Å². The van der Waals surface area contributed by atoms with Gasteiger partial charge in [-0.05, 0) is 0 Å². The molecule has 0 N–H and O–H groups in total. The minimum atomic E-state index is -3.67. The first-order valence-corrected chi connectivity index (χ1v) is 1.29. The fourth-order valence-electron chi connectivity index (χ4n) is 0. The van der Waals surface area contributed by atoms with Crippen molar-refractivity contribution in [2.75, 3.05) is 0 Å². The van der Waals surface area contributed by atoms with Crippen molar-refractivity contribution in [2.45, 2.75) is 0 Å². The van der Waals surface area contributed by atoms with Crippen LogP contribution in [0.15, 0.2) is 6.58 Å². The third kappa shape index (κ3) is 10400. The first-order valence-electron chi connectivity index (χ1n) is 1.29. The molecule has 0 unspecified atom stereocenters. The van der Waals surface area contributed by atoms with E-state index >= 15 is 0 Å². The molecule has 10 heavy (non-hydrogen) atoms. The summed E-state index contributed by atoms with van der Waals surface area (Å²) < 4.78 is 29.0. The van der Waals surface area contributed by atoms with Gasteiger partial charge in [0.15, 0.2) is 0 Å². The Kier molecular flexibility index (Phi) is 193. The van der Waals surface area contributed by atoms with Crippen molar-refractivity contribution in [3.63, 3.8) is 0 Å². The van der Waals surface area contributed by atoms with Crippen LogP contribution in [0.5, 0.6) is 0 Å². The predicted octanol–water partition coefficient (Wildman–Crippen LogP) is -1.42. The molecule has 1 nitrogen and oxygen atoms in total. The van der Waals surface area contributed by atoms with Gasteiger partial charge in [-0.3, -0.25) is 19.5 Å². The molecular formula is C3H3BCuF3LiN. The molecule has 0 spiro atoms. The largest absolute Gasteiger partial charge is 1.00 e. The van der Waals surface area contributed by atoms with E-state index in [1.165, 1.54) is 0 Å². The molecule has 0 rings (SSSR count). The van der Waals surface area contributed by atoms with E-state index in [0.717, 1.165) is 0 Å². The molecule has 0 fully saturated rings. The van der Waals surface area contributed by atoms with E-state index in [1.807, 2.05) is 0 Å². The van der Waals surface area contributed by atoms with E-state index in [-0.39, 0.29) is 35.9 Å². The molecule has 0 saturated heterocycles. The molecule has 0 radical (unpaired) electrons. The van der Waals surface area contributed by atoms with E-state index < -0.39 is 7.54 Å². The van der Waals surface area contributed by atoms with E-state index in [4.69, 9.17) is 11.8 Å². The van der Waals surface area contributed by atoms with Crippen LogP contribution in [-0.2, 0) is 17.1 Å². The second-order valence-corrected chi connectivity index (χ2v) is 0.247. The van der Waals surface area contributed by atoms with Crippen LogP contribution in [0.3, 0.4) is 0 Å². The average Bonchev–Trinajstić information content (AvgIpc) is 1.75. The smallest absolute Gasteiger partial charge is 0.521 e. The van der Waals surface area contributed by atoms with Gasteiger partial charge in [0.1, 0.15) is 0 Å². The first kappa shape index (κ1) is 31.9. The van der Waals surface area contributed by atoms with Crippen molar-refractivity contribution < 1.29 is 48.9 Å². The molecule has 0 aromatic rings. The van der Waals surface area contributed by atoms with Gasteiger partial charge in [-0.2, -0.15) is 0 Å². The maximum Gasteiger partial charge on any atom is 1.00 e. The van der Waals surface area contributed by atoms with Gasteiger partial charge in [0, 0.05) is 0 Å². The first-order chi connectivity index (χ1) is 3.73. The van der Waals surface area contributed by atoms with Crippen LogP contribution < -0.4 is 18.9 Å². The molecule has 0 aromatic carbocycles. The van der Waals surface area contributed by atoms with Crippen molar-refractivity contribution in [2.24, 2.45) is 0 Å². The Balaban J connectivity index is -0.0000000125. The minimum absolute atomic E-state index is 0. The SMILES string of the molecule is FB(F)F.[C-]#N.[CH-]=C.[Cu+].[Li+]. The monoisotopic (exact) mass is 191 g/mol. The second kappa shape index (κ2) is 60.4. The van der Waals surface area contributed by atoms with Crippen LogP contribution in [0.2, 0.25) is 0 Å². The molecule has 7 heteroatoms. The summed E-state index contributed by atoms with van der Waals surface area (Å²) in [7, 11) is -3.67. The number of hydrogen-bond acceptors (Lipinski definition) is 1. The van der Waals surface area contributed by atoms with Gasteiger partial charge in [0.25, 0.3) is 0 Å². The topological polar surface area (TPSA) is 23.8 Å². The zero-order valence-electron chi connectivity index (χ0n) is 5.24.